The molecule has 98 valence electrons. The number of nitrogens with one attached hydrogen (secondary N) is 1. The molecule has 0 aliphatic carbocycles. The van der Waals surface area contributed by atoms with Gasteiger partial charge in [0.2, 0.25) is 10.0 Å². The maximum atomic E-state index is 11.5. The van der Waals surface area contributed by atoms with Gasteiger partial charge < -0.3 is 11.1 Å². The number of hydrogen-bond donors (Lipinski definition) is 2. The lowest BCUT2D eigenvalue weighted by Gasteiger charge is -2.20. The normalized spacial score (nSPS) is 22.6. The van der Waals surface area contributed by atoms with E-state index in [1.165, 1.54) is 10.6 Å². The highest BCUT2D eigenvalue weighted by Gasteiger charge is 2.30. The van der Waals surface area contributed by atoms with Gasteiger partial charge in [-0.2, -0.15) is 4.31 Å². The molecule has 3 N–H and O–H groups in total. The largest absolute Gasteiger partial charge is 0.370 e. The molecule has 0 unspecified atom stereocenters. The number of hydrogen-bond acceptors (Lipinski definition) is 3. The Balaban J connectivity index is 2.54. The second kappa shape index (κ2) is 6.02. The van der Waals surface area contributed by atoms with Crippen LogP contribution in [0.5, 0.6) is 0 Å². The van der Waals surface area contributed by atoms with Crippen molar-refractivity contribution in [2.45, 2.75) is 18.9 Å². The van der Waals surface area contributed by atoms with Crippen molar-refractivity contribution >= 4 is 16.0 Å². The lowest BCUT2D eigenvalue weighted by atomic mass is 10.2. The topological polar surface area (TPSA) is 87.8 Å². The molecule has 1 fully saturated rings. The number of nitrogens with two attached hydrogens (primary N) is 1. The number of guanidine groups is 1. The van der Waals surface area contributed by atoms with Crippen molar-refractivity contribution in [2.75, 3.05) is 25.9 Å². The van der Waals surface area contributed by atoms with E-state index in [-0.39, 0.29) is 6.04 Å². The third kappa shape index (κ3) is 4.35. The first kappa shape index (κ1) is 14.0. The molecule has 0 aromatic carbocycles. The smallest absolute Gasteiger partial charge is 0.211 e. The Kier molecular flexibility index (Phi) is 4.95. The van der Waals surface area contributed by atoms with Crippen LogP contribution in [-0.2, 0) is 10.0 Å². The second-order valence-electron chi connectivity index (χ2n) is 4.07. The van der Waals surface area contributed by atoms with Crippen LogP contribution in [0.4, 0.5) is 0 Å². The number of rotatable bonds is 5. The maximum Gasteiger partial charge on any atom is 0.211 e. The molecular formula is C10H20N4O2S. The Morgan fingerprint density at radius 3 is 3.00 bits per heavy atom. The van der Waals surface area contributed by atoms with Gasteiger partial charge in [-0.25, -0.2) is 8.42 Å². The molecule has 0 aromatic heterocycles. The van der Waals surface area contributed by atoms with Gasteiger partial charge in [-0.05, 0) is 12.8 Å². The lowest BCUT2D eigenvalue weighted by Crippen LogP contribution is -2.38. The van der Waals surface area contributed by atoms with Gasteiger partial charge in [0.15, 0.2) is 5.96 Å². The molecule has 17 heavy (non-hydrogen) atoms. The van der Waals surface area contributed by atoms with E-state index < -0.39 is 10.0 Å². The van der Waals surface area contributed by atoms with E-state index in [0.29, 0.717) is 25.6 Å². The molecule has 0 bridgehead atoms. The van der Waals surface area contributed by atoms with Crippen LogP contribution < -0.4 is 11.1 Å². The summed E-state index contributed by atoms with van der Waals surface area (Å²) in [5.41, 5.74) is 5.62. The monoisotopic (exact) mass is 260 g/mol. The second-order valence-corrected chi connectivity index (χ2v) is 6.00. The Morgan fingerprint density at radius 1 is 1.71 bits per heavy atom. The number of aliphatic imine (C=N–C) groups is 1. The van der Waals surface area contributed by atoms with Gasteiger partial charge in [0.1, 0.15) is 0 Å². The van der Waals surface area contributed by atoms with E-state index in [1.807, 2.05) is 0 Å². The van der Waals surface area contributed by atoms with Crippen LogP contribution in [0.3, 0.4) is 0 Å². The average molecular weight is 260 g/mol. The Hall–Kier alpha value is -1.08. The van der Waals surface area contributed by atoms with Crippen molar-refractivity contribution in [1.29, 1.82) is 0 Å². The summed E-state index contributed by atoms with van der Waals surface area (Å²) in [6, 6.07) is -0.0610. The van der Waals surface area contributed by atoms with E-state index in [4.69, 9.17) is 5.73 Å². The molecular weight excluding hydrogens is 240 g/mol. The zero-order valence-electron chi connectivity index (χ0n) is 10.1. The van der Waals surface area contributed by atoms with Gasteiger partial charge in [0.05, 0.1) is 12.8 Å². The summed E-state index contributed by atoms with van der Waals surface area (Å²) in [6.07, 6.45) is 4.63. The van der Waals surface area contributed by atoms with E-state index in [2.05, 4.69) is 16.9 Å². The van der Waals surface area contributed by atoms with Crippen molar-refractivity contribution in [3.63, 3.8) is 0 Å². The predicted octanol–water partition coefficient (Wildman–Crippen LogP) is -0.499. The van der Waals surface area contributed by atoms with E-state index >= 15 is 0 Å². The summed E-state index contributed by atoms with van der Waals surface area (Å²) in [7, 11) is -3.13. The summed E-state index contributed by atoms with van der Waals surface area (Å²) in [4.78, 5) is 4.14. The molecule has 1 rings (SSSR count). The fraction of sp³-hybridized carbons (Fsp3) is 0.700. The van der Waals surface area contributed by atoms with Crippen LogP contribution in [0.1, 0.15) is 12.8 Å². The zero-order chi connectivity index (χ0) is 12.9. The van der Waals surface area contributed by atoms with Gasteiger partial charge in [-0.1, -0.05) is 6.08 Å². The van der Waals surface area contributed by atoms with E-state index in [0.717, 1.165) is 12.8 Å². The van der Waals surface area contributed by atoms with Gasteiger partial charge in [-0.3, -0.25) is 4.99 Å². The van der Waals surface area contributed by atoms with Gasteiger partial charge in [-0.15, -0.1) is 6.58 Å². The Labute approximate surface area is 103 Å². The first-order valence-electron chi connectivity index (χ1n) is 5.56. The summed E-state index contributed by atoms with van der Waals surface area (Å²) in [5.74, 6) is 0.324. The minimum Gasteiger partial charge on any atom is -0.370 e. The Morgan fingerprint density at radius 2 is 2.41 bits per heavy atom. The summed E-state index contributed by atoms with van der Waals surface area (Å²) >= 11 is 0. The third-order valence-corrected chi connectivity index (χ3v) is 3.98. The Bertz CT molecular complexity index is 391. The SMILES string of the molecule is C=CCNC(N)=NC[C@H]1CCCN1S(C)(=O)=O. The molecule has 0 amide bonds. The van der Waals surface area contributed by atoms with Crippen LogP contribution in [0, 0.1) is 0 Å². The van der Waals surface area contributed by atoms with Crippen molar-refractivity contribution in [3.05, 3.63) is 12.7 Å². The first-order chi connectivity index (χ1) is 7.95. The highest BCUT2D eigenvalue weighted by Crippen LogP contribution is 2.20. The molecule has 1 aliphatic rings. The minimum atomic E-state index is -3.13. The van der Waals surface area contributed by atoms with Crippen LogP contribution >= 0.6 is 0 Å². The van der Waals surface area contributed by atoms with Gasteiger partial charge >= 0.3 is 0 Å². The van der Waals surface area contributed by atoms with Crippen LogP contribution in [0.25, 0.3) is 0 Å². The minimum absolute atomic E-state index is 0.0610. The molecule has 6 nitrogen and oxygen atoms in total. The maximum absolute atomic E-state index is 11.5. The van der Waals surface area contributed by atoms with E-state index in [1.54, 1.807) is 6.08 Å². The molecule has 1 aliphatic heterocycles. The molecule has 1 saturated heterocycles. The van der Waals surface area contributed by atoms with Gasteiger partial charge in [0.25, 0.3) is 0 Å². The van der Waals surface area contributed by atoms with Crippen LogP contribution in [-0.4, -0.2) is 50.6 Å². The molecule has 0 spiro atoms. The fourth-order valence-corrected chi connectivity index (χ4v) is 3.04. The molecule has 7 heteroatoms. The van der Waals surface area contributed by atoms with Crippen LogP contribution in [0.2, 0.25) is 0 Å². The summed E-state index contributed by atoms with van der Waals surface area (Å²) < 4.78 is 24.5. The molecule has 0 aromatic rings. The van der Waals surface area contributed by atoms with Gasteiger partial charge in [0, 0.05) is 19.1 Å². The fourth-order valence-electron chi connectivity index (χ4n) is 1.86. The number of sulfonamides is 1. The van der Waals surface area contributed by atoms with Crippen molar-refractivity contribution in [3.8, 4) is 0 Å². The average Bonchev–Trinajstić information content (AvgIpc) is 2.71. The number of nitrogens with zero attached hydrogens (tertiary/aromatic N) is 2. The molecule has 0 radical (unpaired) electrons. The molecule has 1 heterocycles. The lowest BCUT2D eigenvalue weighted by molar-refractivity contribution is 0.397. The first-order valence-corrected chi connectivity index (χ1v) is 7.41. The zero-order valence-corrected chi connectivity index (χ0v) is 10.9. The van der Waals surface area contributed by atoms with Crippen LogP contribution in [0.15, 0.2) is 17.6 Å². The van der Waals surface area contributed by atoms with E-state index in [9.17, 15) is 8.42 Å². The standard InChI is InChI=1S/C10H20N4O2S/c1-3-6-12-10(11)13-8-9-5-4-7-14(9)17(2,15)16/h3,9H,1,4-8H2,2H3,(H3,11,12,13)/t9-/m1/s1. The predicted molar refractivity (Wildman–Crippen MR) is 69.3 cm³/mol. The third-order valence-electron chi connectivity index (χ3n) is 2.65. The summed E-state index contributed by atoms with van der Waals surface area (Å²) in [6.45, 7) is 5.09. The van der Waals surface area contributed by atoms with Crippen molar-refractivity contribution in [2.24, 2.45) is 10.7 Å². The highest BCUT2D eigenvalue weighted by molar-refractivity contribution is 7.88. The summed E-state index contributed by atoms with van der Waals surface area (Å²) in [5, 5.41) is 2.85. The van der Waals surface area contributed by atoms with Crippen molar-refractivity contribution < 1.29 is 8.42 Å². The quantitative estimate of drug-likeness (QED) is 0.396. The molecule has 1 atom stereocenters. The molecule has 0 saturated carbocycles. The van der Waals surface area contributed by atoms with Crippen molar-refractivity contribution in [1.82, 2.24) is 9.62 Å². The highest BCUT2D eigenvalue weighted by atomic mass is 32.2.